The Bertz CT molecular complexity index is 1320. The summed E-state index contributed by atoms with van der Waals surface area (Å²) in [6, 6.07) is 22.1. The van der Waals surface area contributed by atoms with Crippen molar-refractivity contribution >= 4 is 34.0 Å². The van der Waals surface area contributed by atoms with E-state index in [1.165, 1.54) is 11.3 Å². The molecular weight excluding hydrogens is 442 g/mol. The highest BCUT2D eigenvalue weighted by Crippen LogP contribution is 2.27. The maximum absolute atomic E-state index is 12.9. The lowest BCUT2D eigenvalue weighted by Gasteiger charge is -2.12. The minimum Gasteiger partial charge on any atom is -0.321 e. The fourth-order valence-electron chi connectivity index (χ4n) is 4.00. The van der Waals surface area contributed by atoms with Crippen molar-refractivity contribution in [1.29, 1.82) is 0 Å². The highest BCUT2D eigenvalue weighted by Gasteiger charge is 2.18. The smallest absolute Gasteiger partial charge is 0.267 e. The number of benzene rings is 3. The average molecular weight is 470 g/mol. The van der Waals surface area contributed by atoms with Crippen molar-refractivity contribution in [2.75, 3.05) is 10.6 Å². The molecule has 1 heterocycles. The molecule has 4 rings (SSSR count). The third-order valence-electron chi connectivity index (χ3n) is 5.59. The number of amides is 2. The van der Waals surface area contributed by atoms with Crippen molar-refractivity contribution in [2.24, 2.45) is 0 Å². The number of hydrogen-bond donors (Lipinski definition) is 2. The average Bonchev–Trinajstić information content (AvgIpc) is 3.17. The lowest BCUT2D eigenvalue weighted by molar-refractivity contribution is -0.115. The standard InChI is InChI=1S/C28H27N3O2S/c1-17-14-18(2)25(19(3)15-17)31-27(33)26-20(4)29-28(34-26)30-24(32)16-21-10-12-23(13-11-21)22-8-6-5-7-9-22/h5-15H,16H2,1-4H3,(H,31,33)(H,29,30,32). The lowest BCUT2D eigenvalue weighted by atomic mass is 10.0. The van der Waals surface area contributed by atoms with Gasteiger partial charge in [0.15, 0.2) is 5.13 Å². The van der Waals surface area contributed by atoms with E-state index in [4.69, 9.17) is 0 Å². The molecule has 4 aromatic rings. The fourth-order valence-corrected chi connectivity index (χ4v) is 4.88. The first-order valence-corrected chi connectivity index (χ1v) is 11.9. The molecule has 0 atom stereocenters. The first-order valence-electron chi connectivity index (χ1n) is 11.1. The van der Waals surface area contributed by atoms with E-state index in [2.05, 4.69) is 27.8 Å². The van der Waals surface area contributed by atoms with Crippen LogP contribution in [0, 0.1) is 27.7 Å². The number of thiazole rings is 1. The minimum atomic E-state index is -0.220. The highest BCUT2D eigenvalue weighted by molar-refractivity contribution is 7.17. The van der Waals surface area contributed by atoms with Crippen LogP contribution in [-0.2, 0) is 11.2 Å². The van der Waals surface area contributed by atoms with Crippen molar-refractivity contribution in [1.82, 2.24) is 4.98 Å². The van der Waals surface area contributed by atoms with Crippen molar-refractivity contribution in [3.05, 3.63) is 99.6 Å². The number of hydrogen-bond acceptors (Lipinski definition) is 4. The third-order valence-corrected chi connectivity index (χ3v) is 6.66. The van der Waals surface area contributed by atoms with Crippen molar-refractivity contribution in [3.63, 3.8) is 0 Å². The van der Waals surface area contributed by atoms with E-state index in [1.807, 2.05) is 75.4 Å². The van der Waals surface area contributed by atoms with Gasteiger partial charge in [-0.1, -0.05) is 83.6 Å². The number of aromatic nitrogens is 1. The van der Waals surface area contributed by atoms with Crippen LogP contribution >= 0.6 is 11.3 Å². The number of carbonyl (C=O) groups excluding carboxylic acids is 2. The largest absolute Gasteiger partial charge is 0.321 e. The molecule has 0 aliphatic heterocycles. The summed E-state index contributed by atoms with van der Waals surface area (Å²) in [7, 11) is 0. The maximum atomic E-state index is 12.9. The molecule has 0 fully saturated rings. The molecule has 0 saturated carbocycles. The van der Waals surface area contributed by atoms with Gasteiger partial charge in [-0.25, -0.2) is 4.98 Å². The predicted octanol–water partition coefficient (Wildman–Crippen LogP) is 6.48. The van der Waals surface area contributed by atoms with Crippen LogP contribution in [0.5, 0.6) is 0 Å². The highest BCUT2D eigenvalue weighted by atomic mass is 32.1. The Morgan fingerprint density at radius 3 is 2.09 bits per heavy atom. The second-order valence-corrected chi connectivity index (χ2v) is 9.45. The second kappa shape index (κ2) is 10.0. The second-order valence-electron chi connectivity index (χ2n) is 8.45. The first kappa shape index (κ1) is 23.4. The van der Waals surface area contributed by atoms with Crippen LogP contribution in [-0.4, -0.2) is 16.8 Å². The van der Waals surface area contributed by atoms with Crippen LogP contribution in [0.1, 0.15) is 37.6 Å². The molecule has 6 heteroatoms. The monoisotopic (exact) mass is 469 g/mol. The molecule has 3 aromatic carbocycles. The molecular formula is C28H27N3O2S. The predicted molar refractivity (Wildman–Crippen MR) is 140 cm³/mol. The third kappa shape index (κ3) is 5.41. The van der Waals surface area contributed by atoms with Gasteiger partial charge in [0, 0.05) is 5.69 Å². The molecule has 0 unspecified atom stereocenters. The Morgan fingerprint density at radius 1 is 0.824 bits per heavy atom. The van der Waals surface area contributed by atoms with Gasteiger partial charge in [-0.3, -0.25) is 9.59 Å². The summed E-state index contributed by atoms with van der Waals surface area (Å²) < 4.78 is 0. The quantitative estimate of drug-likeness (QED) is 0.340. The zero-order valence-electron chi connectivity index (χ0n) is 19.7. The Hall–Kier alpha value is -3.77. The molecule has 172 valence electrons. The summed E-state index contributed by atoms with van der Waals surface area (Å²) in [5, 5.41) is 6.26. The van der Waals surface area contributed by atoms with Crippen LogP contribution in [0.2, 0.25) is 0 Å². The Labute approximate surface area is 203 Å². The molecule has 0 aliphatic rings. The van der Waals surface area contributed by atoms with Crippen molar-refractivity contribution < 1.29 is 9.59 Å². The molecule has 2 N–H and O–H groups in total. The molecule has 0 aliphatic carbocycles. The SMILES string of the molecule is Cc1cc(C)c(NC(=O)c2sc(NC(=O)Cc3ccc(-c4ccccc4)cc3)nc2C)c(C)c1. The van der Waals surface area contributed by atoms with E-state index in [0.717, 1.165) is 39.1 Å². The number of nitrogens with one attached hydrogen (secondary N) is 2. The zero-order chi connectivity index (χ0) is 24.2. The number of aryl methyl sites for hydroxylation is 4. The van der Waals surface area contributed by atoms with Gasteiger partial charge in [0.1, 0.15) is 4.88 Å². The summed E-state index contributed by atoms with van der Waals surface area (Å²) >= 11 is 1.19. The molecule has 0 spiro atoms. The zero-order valence-corrected chi connectivity index (χ0v) is 20.5. The van der Waals surface area contributed by atoms with Crippen LogP contribution < -0.4 is 10.6 Å². The van der Waals surface area contributed by atoms with Gasteiger partial charge in [-0.15, -0.1) is 0 Å². The van der Waals surface area contributed by atoms with Crippen LogP contribution in [0.25, 0.3) is 11.1 Å². The van der Waals surface area contributed by atoms with E-state index in [-0.39, 0.29) is 18.2 Å². The molecule has 34 heavy (non-hydrogen) atoms. The summed E-state index contributed by atoms with van der Waals surface area (Å²) in [5.41, 5.74) is 7.74. The van der Waals surface area contributed by atoms with Gasteiger partial charge in [0.05, 0.1) is 12.1 Å². The summed E-state index contributed by atoms with van der Waals surface area (Å²) in [6.45, 7) is 7.77. The first-order chi connectivity index (χ1) is 16.3. The topological polar surface area (TPSA) is 71.1 Å². The molecule has 0 saturated heterocycles. The van der Waals surface area contributed by atoms with Gasteiger partial charge in [-0.2, -0.15) is 0 Å². The van der Waals surface area contributed by atoms with Crippen molar-refractivity contribution in [3.8, 4) is 11.1 Å². The van der Waals surface area contributed by atoms with Gasteiger partial charge in [0.25, 0.3) is 5.91 Å². The van der Waals surface area contributed by atoms with E-state index in [0.29, 0.717) is 15.7 Å². The summed E-state index contributed by atoms with van der Waals surface area (Å²) in [4.78, 5) is 30.4. The Kier molecular flexibility index (Phi) is 6.89. The molecule has 0 radical (unpaired) electrons. The maximum Gasteiger partial charge on any atom is 0.267 e. The van der Waals surface area contributed by atoms with Crippen LogP contribution in [0.15, 0.2) is 66.7 Å². The van der Waals surface area contributed by atoms with Gasteiger partial charge in [-0.05, 0) is 55.5 Å². The van der Waals surface area contributed by atoms with Gasteiger partial charge < -0.3 is 10.6 Å². The minimum absolute atomic E-state index is 0.168. The molecule has 1 aromatic heterocycles. The number of nitrogens with zero attached hydrogens (tertiary/aromatic N) is 1. The van der Waals surface area contributed by atoms with Crippen LogP contribution in [0.3, 0.4) is 0 Å². The molecule has 0 bridgehead atoms. The van der Waals surface area contributed by atoms with Crippen molar-refractivity contribution in [2.45, 2.75) is 34.1 Å². The normalized spacial score (nSPS) is 10.7. The lowest BCUT2D eigenvalue weighted by Crippen LogP contribution is -2.14. The fraction of sp³-hybridized carbons (Fsp3) is 0.179. The van der Waals surface area contributed by atoms with Gasteiger partial charge in [0.2, 0.25) is 5.91 Å². The van der Waals surface area contributed by atoms with E-state index in [9.17, 15) is 9.59 Å². The summed E-state index contributed by atoms with van der Waals surface area (Å²) in [6.07, 6.45) is 0.233. The van der Waals surface area contributed by atoms with Gasteiger partial charge >= 0.3 is 0 Å². The van der Waals surface area contributed by atoms with Crippen LogP contribution in [0.4, 0.5) is 10.8 Å². The molecule has 5 nitrogen and oxygen atoms in total. The number of rotatable bonds is 6. The van der Waals surface area contributed by atoms with E-state index in [1.54, 1.807) is 6.92 Å². The van der Waals surface area contributed by atoms with E-state index < -0.39 is 0 Å². The van der Waals surface area contributed by atoms with E-state index >= 15 is 0 Å². The number of carbonyl (C=O) groups is 2. The Balaban J connectivity index is 1.40. The summed E-state index contributed by atoms with van der Waals surface area (Å²) in [5.74, 6) is -0.388. The molecule has 2 amide bonds. The Morgan fingerprint density at radius 2 is 1.44 bits per heavy atom. The number of anilines is 2.